The van der Waals surface area contributed by atoms with Gasteiger partial charge < -0.3 is 4.43 Å². The normalized spacial score (nSPS) is 12.6. The summed E-state index contributed by atoms with van der Waals surface area (Å²) in [6.45, 7) is 8.43. The molecule has 0 atom stereocenters. The van der Waals surface area contributed by atoms with Crippen molar-refractivity contribution in [2.24, 2.45) is 0 Å². The number of hydrogen-bond acceptors (Lipinski definition) is 1. The molecule has 76 valence electrons. The number of alkyl halides is 3. The fourth-order valence-electron chi connectivity index (χ4n) is 0.588. The average Bonchev–Trinajstić information content (AvgIpc) is 2.02. The maximum Gasteiger partial charge on any atom is 0.391 e. The minimum absolute atomic E-state index is 0.315. The van der Waals surface area contributed by atoms with E-state index in [-0.39, 0.29) is 6.61 Å². The molecule has 0 aliphatic heterocycles. The molecular weight excluding hydrogens is 197 g/mol. The summed E-state index contributed by atoms with van der Waals surface area (Å²) in [6.07, 6.45) is -5.07. The Morgan fingerprint density at radius 1 is 1.31 bits per heavy atom. The molecule has 0 aromatic carbocycles. The standard InChI is InChI=1S/C8H13F3OSi/c1-4-13(3,5-2)12-7-6-8(9,10)11/h4-5H,1-2,6-7H2,3H3. The monoisotopic (exact) mass is 210 g/mol. The van der Waals surface area contributed by atoms with Crippen molar-refractivity contribution in [3.05, 3.63) is 24.6 Å². The van der Waals surface area contributed by atoms with E-state index >= 15 is 0 Å². The molecule has 0 bridgehead atoms. The number of halogens is 3. The molecule has 0 amide bonds. The Kier molecular flexibility index (Phi) is 4.42. The van der Waals surface area contributed by atoms with Gasteiger partial charge in [0.05, 0.1) is 6.42 Å². The predicted octanol–water partition coefficient (Wildman–Crippen LogP) is 2.98. The Morgan fingerprint density at radius 3 is 2.08 bits per heavy atom. The summed E-state index contributed by atoms with van der Waals surface area (Å²) in [5.41, 5.74) is 3.10. The summed E-state index contributed by atoms with van der Waals surface area (Å²) in [7, 11) is -2.27. The molecule has 0 spiro atoms. The first-order valence-corrected chi connectivity index (χ1v) is 6.37. The lowest BCUT2D eigenvalue weighted by Gasteiger charge is -2.19. The van der Waals surface area contributed by atoms with Gasteiger partial charge in [-0.15, -0.1) is 13.2 Å². The molecule has 5 heteroatoms. The van der Waals surface area contributed by atoms with E-state index in [0.717, 1.165) is 0 Å². The highest BCUT2D eigenvalue weighted by Gasteiger charge is 2.29. The summed E-state index contributed by atoms with van der Waals surface area (Å²) < 4.78 is 40.3. The van der Waals surface area contributed by atoms with Crippen molar-refractivity contribution in [3.8, 4) is 0 Å². The zero-order chi connectivity index (χ0) is 10.5. The zero-order valence-corrected chi connectivity index (χ0v) is 8.53. The van der Waals surface area contributed by atoms with Crippen molar-refractivity contribution in [1.82, 2.24) is 0 Å². The Labute approximate surface area is 77.0 Å². The van der Waals surface area contributed by atoms with Crippen LogP contribution in [-0.4, -0.2) is 21.1 Å². The van der Waals surface area contributed by atoms with E-state index in [1.54, 1.807) is 17.9 Å². The van der Waals surface area contributed by atoms with E-state index in [1.807, 2.05) is 0 Å². The lowest BCUT2D eigenvalue weighted by atomic mass is 10.5. The second-order valence-electron chi connectivity index (χ2n) is 2.81. The average molecular weight is 210 g/mol. The van der Waals surface area contributed by atoms with E-state index in [9.17, 15) is 13.2 Å². The molecule has 13 heavy (non-hydrogen) atoms. The molecule has 0 rings (SSSR count). The van der Waals surface area contributed by atoms with Crippen LogP contribution in [0.3, 0.4) is 0 Å². The van der Waals surface area contributed by atoms with Crippen molar-refractivity contribution in [1.29, 1.82) is 0 Å². The Hall–Kier alpha value is -0.553. The van der Waals surface area contributed by atoms with E-state index < -0.39 is 20.9 Å². The van der Waals surface area contributed by atoms with Crippen molar-refractivity contribution in [3.63, 3.8) is 0 Å². The first-order valence-electron chi connectivity index (χ1n) is 3.81. The van der Waals surface area contributed by atoms with Crippen molar-refractivity contribution < 1.29 is 17.6 Å². The SMILES string of the molecule is C=C[Si](C)(C=C)OCCC(F)(F)F. The molecular formula is C8H13F3OSi. The largest absolute Gasteiger partial charge is 0.409 e. The maximum atomic E-state index is 11.7. The summed E-state index contributed by atoms with van der Waals surface area (Å²) >= 11 is 0. The molecule has 0 aliphatic rings. The first kappa shape index (κ1) is 12.4. The molecule has 0 aromatic heterocycles. The van der Waals surface area contributed by atoms with Crippen LogP contribution in [0.15, 0.2) is 24.6 Å². The molecule has 0 unspecified atom stereocenters. The van der Waals surface area contributed by atoms with Gasteiger partial charge in [-0.3, -0.25) is 0 Å². The van der Waals surface area contributed by atoms with Gasteiger partial charge in [0.2, 0.25) is 8.32 Å². The van der Waals surface area contributed by atoms with Crippen LogP contribution >= 0.6 is 0 Å². The van der Waals surface area contributed by atoms with E-state index in [2.05, 4.69) is 13.2 Å². The fraction of sp³-hybridized carbons (Fsp3) is 0.500. The second-order valence-corrected chi connectivity index (χ2v) is 6.28. The maximum absolute atomic E-state index is 11.7. The van der Waals surface area contributed by atoms with E-state index in [1.165, 1.54) is 0 Å². The molecule has 1 nitrogen and oxygen atoms in total. The topological polar surface area (TPSA) is 9.23 Å². The van der Waals surface area contributed by atoms with Gasteiger partial charge in [-0.2, -0.15) is 13.2 Å². The minimum Gasteiger partial charge on any atom is -0.409 e. The van der Waals surface area contributed by atoms with Gasteiger partial charge in [-0.1, -0.05) is 11.4 Å². The van der Waals surface area contributed by atoms with Crippen molar-refractivity contribution in [2.45, 2.75) is 19.1 Å². The van der Waals surface area contributed by atoms with Crippen LogP contribution in [0.2, 0.25) is 6.55 Å². The highest BCUT2D eigenvalue weighted by atomic mass is 28.4. The molecule has 0 saturated carbocycles. The van der Waals surface area contributed by atoms with Gasteiger partial charge in [0.25, 0.3) is 0 Å². The molecule has 0 aromatic rings. The van der Waals surface area contributed by atoms with Crippen LogP contribution in [0, 0.1) is 0 Å². The number of hydrogen-bond donors (Lipinski definition) is 0. The van der Waals surface area contributed by atoms with Gasteiger partial charge in [0, 0.05) is 6.61 Å². The Balaban J connectivity index is 3.88. The van der Waals surface area contributed by atoms with Crippen LogP contribution in [0.1, 0.15) is 6.42 Å². The Morgan fingerprint density at radius 2 is 1.77 bits per heavy atom. The van der Waals surface area contributed by atoms with Crippen LogP contribution < -0.4 is 0 Å². The third-order valence-corrected chi connectivity index (χ3v) is 4.06. The zero-order valence-electron chi connectivity index (χ0n) is 7.53. The number of rotatable bonds is 5. The Bertz CT molecular complexity index is 180. The fourth-order valence-corrected chi connectivity index (χ4v) is 1.53. The van der Waals surface area contributed by atoms with Crippen molar-refractivity contribution >= 4 is 8.32 Å². The van der Waals surface area contributed by atoms with Gasteiger partial charge in [-0.05, 0) is 6.55 Å². The van der Waals surface area contributed by atoms with Crippen molar-refractivity contribution in [2.75, 3.05) is 6.61 Å². The highest BCUT2D eigenvalue weighted by Crippen LogP contribution is 2.20. The highest BCUT2D eigenvalue weighted by molar-refractivity contribution is 6.82. The third kappa shape index (κ3) is 5.65. The van der Waals surface area contributed by atoms with Gasteiger partial charge in [0.1, 0.15) is 0 Å². The van der Waals surface area contributed by atoms with Gasteiger partial charge in [-0.25, -0.2) is 0 Å². The van der Waals surface area contributed by atoms with Crippen LogP contribution in [0.5, 0.6) is 0 Å². The minimum atomic E-state index is -4.16. The van der Waals surface area contributed by atoms with Crippen LogP contribution in [0.4, 0.5) is 13.2 Å². The smallest absolute Gasteiger partial charge is 0.391 e. The molecule has 0 heterocycles. The predicted molar refractivity (Wildman–Crippen MR) is 48.6 cm³/mol. The lowest BCUT2D eigenvalue weighted by molar-refractivity contribution is -0.139. The van der Waals surface area contributed by atoms with E-state index in [0.29, 0.717) is 0 Å². The summed E-state index contributed by atoms with van der Waals surface area (Å²) in [4.78, 5) is 0. The summed E-state index contributed by atoms with van der Waals surface area (Å²) in [6, 6.07) is 0. The van der Waals surface area contributed by atoms with Crippen LogP contribution in [-0.2, 0) is 4.43 Å². The first-order chi connectivity index (χ1) is 5.83. The molecule has 0 aliphatic carbocycles. The summed E-state index contributed by atoms with van der Waals surface area (Å²) in [5.74, 6) is 0. The van der Waals surface area contributed by atoms with Gasteiger partial charge >= 0.3 is 6.18 Å². The van der Waals surface area contributed by atoms with Crippen LogP contribution in [0.25, 0.3) is 0 Å². The quantitative estimate of drug-likeness (QED) is 0.634. The molecule has 0 radical (unpaired) electrons. The summed E-state index contributed by atoms with van der Waals surface area (Å²) in [5, 5.41) is 0. The third-order valence-electron chi connectivity index (χ3n) is 1.61. The molecule has 0 saturated heterocycles. The lowest BCUT2D eigenvalue weighted by Crippen LogP contribution is -2.31. The van der Waals surface area contributed by atoms with Gasteiger partial charge in [0.15, 0.2) is 0 Å². The molecule has 0 fully saturated rings. The molecule has 0 N–H and O–H groups in total. The second kappa shape index (κ2) is 4.62. The van der Waals surface area contributed by atoms with E-state index in [4.69, 9.17) is 4.43 Å².